The number of hydrogen-bond acceptors (Lipinski definition) is 3. The van der Waals surface area contributed by atoms with E-state index in [1.165, 1.54) is 4.90 Å². The van der Waals surface area contributed by atoms with Crippen LogP contribution in [0.2, 0.25) is 10.0 Å². The van der Waals surface area contributed by atoms with Gasteiger partial charge in [0.25, 0.3) is 5.91 Å². The van der Waals surface area contributed by atoms with Gasteiger partial charge in [0.05, 0.1) is 4.47 Å². The number of benzene rings is 2. The molecule has 0 heterocycles. The minimum absolute atomic E-state index is 0.0140. The van der Waals surface area contributed by atoms with Gasteiger partial charge in [-0.2, -0.15) is 0 Å². The topological polar surface area (TPSA) is 58.6 Å². The van der Waals surface area contributed by atoms with Gasteiger partial charge < -0.3 is 15.0 Å². The number of nitrogens with one attached hydrogen (secondary N) is 1. The van der Waals surface area contributed by atoms with E-state index in [0.717, 1.165) is 12.0 Å². The summed E-state index contributed by atoms with van der Waals surface area (Å²) in [6.45, 7) is 5.79. The van der Waals surface area contributed by atoms with Gasteiger partial charge in [-0.15, -0.1) is 0 Å². The van der Waals surface area contributed by atoms with Gasteiger partial charge in [-0.3, -0.25) is 9.59 Å². The molecule has 168 valence electrons. The van der Waals surface area contributed by atoms with Gasteiger partial charge in [-0.05, 0) is 65.5 Å². The van der Waals surface area contributed by atoms with Crippen molar-refractivity contribution >= 4 is 50.9 Å². The SMILES string of the molecule is CCC(C)NC(=O)C(CC)N(Cc1ccccc1Cl)C(=O)COc1ccc(Cl)cc1Br. The van der Waals surface area contributed by atoms with Gasteiger partial charge in [0.1, 0.15) is 11.8 Å². The Balaban J connectivity index is 2.25. The van der Waals surface area contributed by atoms with E-state index in [4.69, 9.17) is 27.9 Å². The number of amides is 2. The highest BCUT2D eigenvalue weighted by Gasteiger charge is 2.30. The number of rotatable bonds is 10. The minimum Gasteiger partial charge on any atom is -0.483 e. The Morgan fingerprint density at radius 2 is 1.84 bits per heavy atom. The predicted molar refractivity (Wildman–Crippen MR) is 129 cm³/mol. The van der Waals surface area contributed by atoms with Gasteiger partial charge in [-0.1, -0.05) is 55.2 Å². The lowest BCUT2D eigenvalue weighted by atomic mass is 10.1. The molecule has 31 heavy (non-hydrogen) atoms. The molecule has 2 rings (SSSR count). The average Bonchev–Trinajstić information content (AvgIpc) is 2.74. The van der Waals surface area contributed by atoms with Crippen LogP contribution in [0.1, 0.15) is 39.2 Å². The summed E-state index contributed by atoms with van der Waals surface area (Å²) >= 11 is 15.7. The lowest BCUT2D eigenvalue weighted by Gasteiger charge is -2.31. The smallest absolute Gasteiger partial charge is 0.261 e. The molecule has 2 unspecified atom stereocenters. The van der Waals surface area contributed by atoms with Crippen molar-refractivity contribution < 1.29 is 14.3 Å². The third kappa shape index (κ3) is 7.41. The number of nitrogens with zero attached hydrogens (tertiary/aromatic N) is 1. The van der Waals surface area contributed by atoms with Crippen LogP contribution in [0.15, 0.2) is 46.9 Å². The summed E-state index contributed by atoms with van der Waals surface area (Å²) in [5.41, 5.74) is 0.764. The van der Waals surface area contributed by atoms with Gasteiger partial charge in [0.2, 0.25) is 5.91 Å². The van der Waals surface area contributed by atoms with Crippen molar-refractivity contribution in [3.8, 4) is 5.75 Å². The highest BCUT2D eigenvalue weighted by molar-refractivity contribution is 9.10. The first-order valence-electron chi connectivity index (χ1n) is 10.2. The molecule has 0 aliphatic carbocycles. The molecule has 0 spiro atoms. The zero-order valence-corrected chi connectivity index (χ0v) is 20.9. The third-order valence-electron chi connectivity index (χ3n) is 4.93. The van der Waals surface area contributed by atoms with E-state index < -0.39 is 6.04 Å². The van der Waals surface area contributed by atoms with Crippen LogP contribution in [0.3, 0.4) is 0 Å². The molecule has 2 aromatic carbocycles. The number of carbonyl (C=O) groups is 2. The van der Waals surface area contributed by atoms with E-state index >= 15 is 0 Å². The van der Waals surface area contributed by atoms with E-state index in [2.05, 4.69) is 21.2 Å². The Labute approximate surface area is 202 Å². The maximum atomic E-state index is 13.2. The quantitative estimate of drug-likeness (QED) is 0.419. The van der Waals surface area contributed by atoms with E-state index in [0.29, 0.717) is 26.7 Å². The first kappa shape index (κ1) is 25.5. The molecule has 0 aliphatic rings. The third-order valence-corrected chi connectivity index (χ3v) is 6.15. The van der Waals surface area contributed by atoms with Crippen molar-refractivity contribution in [1.29, 1.82) is 0 Å². The summed E-state index contributed by atoms with van der Waals surface area (Å²) in [7, 11) is 0. The Hall–Kier alpha value is -1.76. The van der Waals surface area contributed by atoms with E-state index in [-0.39, 0.29) is 31.0 Å². The Morgan fingerprint density at radius 1 is 1.13 bits per heavy atom. The monoisotopic (exact) mass is 528 g/mol. The molecule has 0 radical (unpaired) electrons. The van der Waals surface area contributed by atoms with Crippen LogP contribution < -0.4 is 10.1 Å². The first-order valence-corrected chi connectivity index (χ1v) is 11.7. The maximum Gasteiger partial charge on any atom is 0.261 e. The second-order valence-corrected chi connectivity index (χ2v) is 8.92. The first-order chi connectivity index (χ1) is 14.8. The molecule has 0 bridgehead atoms. The second-order valence-electron chi connectivity index (χ2n) is 7.22. The minimum atomic E-state index is -0.643. The second kappa shape index (κ2) is 12.3. The van der Waals surface area contributed by atoms with Crippen molar-refractivity contribution in [2.45, 2.75) is 52.2 Å². The molecular weight excluding hydrogens is 503 g/mol. The molecule has 0 saturated heterocycles. The Bertz CT molecular complexity index is 910. The average molecular weight is 530 g/mol. The molecule has 0 saturated carbocycles. The van der Waals surface area contributed by atoms with Crippen LogP contribution in [-0.2, 0) is 16.1 Å². The van der Waals surface area contributed by atoms with Gasteiger partial charge in [0.15, 0.2) is 6.61 Å². The molecule has 0 fully saturated rings. The zero-order chi connectivity index (χ0) is 23.0. The predicted octanol–water partition coefficient (Wildman–Crippen LogP) is 5.86. The van der Waals surface area contributed by atoms with Crippen LogP contribution in [-0.4, -0.2) is 35.4 Å². The van der Waals surface area contributed by atoms with E-state index in [1.54, 1.807) is 24.3 Å². The van der Waals surface area contributed by atoms with Crippen molar-refractivity contribution in [1.82, 2.24) is 10.2 Å². The van der Waals surface area contributed by atoms with Crippen LogP contribution in [0, 0.1) is 0 Å². The van der Waals surface area contributed by atoms with Crippen molar-refractivity contribution in [2.75, 3.05) is 6.61 Å². The molecule has 5 nitrogen and oxygen atoms in total. The van der Waals surface area contributed by atoms with Gasteiger partial charge in [-0.25, -0.2) is 0 Å². The summed E-state index contributed by atoms with van der Waals surface area (Å²) in [5, 5.41) is 4.07. The lowest BCUT2D eigenvalue weighted by molar-refractivity contribution is -0.143. The molecule has 2 aromatic rings. The maximum absolute atomic E-state index is 13.2. The molecule has 2 amide bonds. The number of halogens is 3. The van der Waals surface area contributed by atoms with Crippen LogP contribution in [0.5, 0.6) is 5.75 Å². The fraction of sp³-hybridized carbons (Fsp3) is 0.391. The summed E-state index contributed by atoms with van der Waals surface area (Å²) in [4.78, 5) is 27.7. The highest BCUT2D eigenvalue weighted by Crippen LogP contribution is 2.28. The van der Waals surface area contributed by atoms with E-state index in [1.807, 2.05) is 39.0 Å². The summed E-state index contributed by atoms with van der Waals surface area (Å²) in [5.74, 6) is -0.00889. The largest absolute Gasteiger partial charge is 0.483 e. The standard InChI is InChI=1S/C23H27BrCl2N2O3/c1-4-15(3)27-23(30)20(5-2)28(13-16-8-6-7-9-19(16)26)22(29)14-31-21-11-10-17(25)12-18(21)24/h6-12,15,20H,4-5,13-14H2,1-3H3,(H,27,30). The molecule has 0 aliphatic heterocycles. The van der Waals surface area contributed by atoms with Crippen molar-refractivity contribution in [2.24, 2.45) is 0 Å². The Kier molecular flexibility index (Phi) is 10.1. The van der Waals surface area contributed by atoms with Crippen molar-refractivity contribution in [3.63, 3.8) is 0 Å². The highest BCUT2D eigenvalue weighted by atomic mass is 79.9. The number of carbonyl (C=O) groups excluding carboxylic acids is 2. The molecule has 2 atom stereocenters. The summed E-state index contributed by atoms with van der Waals surface area (Å²) in [6.07, 6.45) is 1.26. The fourth-order valence-electron chi connectivity index (χ4n) is 2.99. The summed E-state index contributed by atoms with van der Waals surface area (Å²) in [6, 6.07) is 11.7. The normalized spacial score (nSPS) is 12.7. The molecular formula is C23H27BrCl2N2O3. The van der Waals surface area contributed by atoms with Gasteiger partial charge >= 0.3 is 0 Å². The molecule has 1 N–H and O–H groups in total. The Morgan fingerprint density at radius 3 is 2.45 bits per heavy atom. The zero-order valence-electron chi connectivity index (χ0n) is 17.8. The van der Waals surface area contributed by atoms with Crippen LogP contribution in [0.25, 0.3) is 0 Å². The van der Waals surface area contributed by atoms with Crippen LogP contribution in [0.4, 0.5) is 0 Å². The molecule has 0 aromatic heterocycles. The number of ether oxygens (including phenoxy) is 1. The summed E-state index contributed by atoms with van der Waals surface area (Å²) < 4.78 is 6.36. The van der Waals surface area contributed by atoms with E-state index in [9.17, 15) is 9.59 Å². The molecule has 8 heteroatoms. The van der Waals surface area contributed by atoms with Crippen LogP contribution >= 0.6 is 39.1 Å². The number of hydrogen-bond donors (Lipinski definition) is 1. The van der Waals surface area contributed by atoms with Gasteiger partial charge in [0, 0.05) is 22.6 Å². The lowest BCUT2D eigenvalue weighted by Crippen LogP contribution is -2.51. The van der Waals surface area contributed by atoms with Crippen molar-refractivity contribution in [3.05, 3.63) is 62.5 Å². The fourth-order valence-corrected chi connectivity index (χ4v) is 3.98.